The number of pyridine rings is 1. The van der Waals surface area contributed by atoms with Gasteiger partial charge in [-0.15, -0.1) is 0 Å². The number of ether oxygens (including phenoxy) is 2. The summed E-state index contributed by atoms with van der Waals surface area (Å²) in [6.45, 7) is 7.12. The molecule has 0 unspecified atom stereocenters. The van der Waals surface area contributed by atoms with Gasteiger partial charge in [0.15, 0.2) is 11.5 Å². The van der Waals surface area contributed by atoms with Crippen molar-refractivity contribution in [2.45, 2.75) is 38.9 Å². The molecule has 0 aliphatic rings. The first-order valence-corrected chi connectivity index (χ1v) is 7.51. The predicted molar refractivity (Wildman–Crippen MR) is 93.3 cm³/mol. The Kier molecular flexibility index (Phi) is 7.22. The van der Waals surface area contributed by atoms with Gasteiger partial charge < -0.3 is 24.6 Å². The van der Waals surface area contributed by atoms with E-state index in [0.29, 0.717) is 17.2 Å². The third-order valence-corrected chi connectivity index (χ3v) is 3.55. The Morgan fingerprint density at radius 2 is 1.54 bits per heavy atom. The monoisotopic (exact) mass is 333 g/mol. The lowest BCUT2D eigenvalue weighted by Crippen LogP contribution is -2.49. The minimum Gasteiger partial charge on any atom is -0.481 e. The fourth-order valence-corrected chi connectivity index (χ4v) is 1.55. The Labute approximate surface area is 143 Å². The molecule has 0 bridgehead atoms. The lowest BCUT2D eigenvalue weighted by Gasteiger charge is -2.37. The first kappa shape index (κ1) is 20.0. The third kappa shape index (κ3) is 5.84. The van der Waals surface area contributed by atoms with Gasteiger partial charge >= 0.3 is 7.69 Å². The predicted octanol–water partition coefficient (Wildman–Crippen LogP) is 2.04. The van der Waals surface area contributed by atoms with E-state index in [-0.39, 0.29) is 0 Å². The molecule has 6 nitrogen and oxygen atoms in total. The van der Waals surface area contributed by atoms with Crippen LogP contribution in [0.15, 0.2) is 48.8 Å². The zero-order chi connectivity index (χ0) is 18.2. The zero-order valence-corrected chi connectivity index (χ0v) is 14.4. The number of nitrogens with zero attached hydrogens (tertiary/aromatic N) is 1. The second-order valence-corrected chi connectivity index (χ2v) is 6.05. The normalized spacial score (nSPS) is 11.1. The number of aliphatic hydroxyl groups is 1. The fraction of sp³-hybridized carbons (Fsp3) is 0.353. The number of hydrogen-bond donors (Lipinski definition) is 3. The Morgan fingerprint density at radius 1 is 0.958 bits per heavy atom. The number of hydrogen-bond acceptors (Lipinski definition) is 6. The molecule has 2 aromatic rings. The standard InChI is InChI=1S/C17H21NO3.BH3O2/c1-16(2,19)17(3,4)21-15-10-6-5-9-14(15)20-13-8-7-11-18-12-13;2-1-3/h5-12,19H,1-4H3;1-3H. The highest BCUT2D eigenvalue weighted by molar-refractivity contribution is 6.13. The highest BCUT2D eigenvalue weighted by Gasteiger charge is 2.37. The van der Waals surface area contributed by atoms with Crippen molar-refractivity contribution in [3.05, 3.63) is 48.8 Å². The largest absolute Gasteiger partial charge is 0.481 e. The summed E-state index contributed by atoms with van der Waals surface area (Å²) in [5.41, 5.74) is -1.75. The average molecular weight is 333 g/mol. The molecule has 2 rings (SSSR count). The topological polar surface area (TPSA) is 92.0 Å². The van der Waals surface area contributed by atoms with E-state index in [4.69, 9.17) is 19.5 Å². The number of aromatic nitrogens is 1. The van der Waals surface area contributed by atoms with Crippen LogP contribution in [0.4, 0.5) is 0 Å². The van der Waals surface area contributed by atoms with Gasteiger partial charge in [0.2, 0.25) is 0 Å². The van der Waals surface area contributed by atoms with Crippen LogP contribution in [-0.4, -0.2) is 39.0 Å². The van der Waals surface area contributed by atoms with Gasteiger partial charge in [0, 0.05) is 6.20 Å². The Balaban J connectivity index is 0.000000891. The smallest absolute Gasteiger partial charge is 0.432 e. The molecule has 1 heterocycles. The highest BCUT2D eigenvalue weighted by atomic mass is 16.5. The molecule has 0 saturated carbocycles. The molecule has 0 atom stereocenters. The molecule has 0 amide bonds. The molecule has 0 radical (unpaired) electrons. The number of para-hydroxylation sites is 2. The zero-order valence-electron chi connectivity index (χ0n) is 14.4. The molecular formula is C17H24BNO5. The van der Waals surface area contributed by atoms with E-state index >= 15 is 0 Å². The summed E-state index contributed by atoms with van der Waals surface area (Å²) in [4.78, 5) is 4.02. The summed E-state index contributed by atoms with van der Waals surface area (Å²) < 4.78 is 11.8. The quantitative estimate of drug-likeness (QED) is 0.725. The van der Waals surface area contributed by atoms with Crippen LogP contribution >= 0.6 is 0 Å². The Hall–Kier alpha value is -2.09. The Morgan fingerprint density at radius 3 is 2.04 bits per heavy atom. The maximum absolute atomic E-state index is 10.2. The van der Waals surface area contributed by atoms with Crippen molar-refractivity contribution >= 4 is 7.69 Å². The lowest BCUT2D eigenvalue weighted by atomic mass is 9.89. The Bertz CT molecular complexity index is 614. The minimum absolute atomic E-state index is 0.577. The molecule has 0 saturated heterocycles. The van der Waals surface area contributed by atoms with Crippen molar-refractivity contribution in [3.8, 4) is 17.2 Å². The van der Waals surface area contributed by atoms with Crippen LogP contribution in [0.1, 0.15) is 27.7 Å². The van der Waals surface area contributed by atoms with Crippen LogP contribution in [-0.2, 0) is 0 Å². The second-order valence-electron chi connectivity index (χ2n) is 6.05. The van der Waals surface area contributed by atoms with Gasteiger partial charge in [-0.25, -0.2) is 0 Å². The summed E-state index contributed by atoms with van der Waals surface area (Å²) in [7, 11) is -0.750. The molecule has 1 aromatic heterocycles. The molecule has 7 heteroatoms. The van der Waals surface area contributed by atoms with Crippen molar-refractivity contribution in [1.29, 1.82) is 0 Å². The first-order chi connectivity index (χ1) is 11.2. The number of rotatable bonds is 5. The summed E-state index contributed by atoms with van der Waals surface area (Å²) in [5.74, 6) is 1.80. The van der Waals surface area contributed by atoms with E-state index in [1.54, 1.807) is 32.3 Å². The van der Waals surface area contributed by atoms with Crippen molar-refractivity contribution in [1.82, 2.24) is 4.98 Å². The van der Waals surface area contributed by atoms with Gasteiger partial charge in [0.25, 0.3) is 0 Å². The van der Waals surface area contributed by atoms with Gasteiger partial charge in [-0.1, -0.05) is 12.1 Å². The van der Waals surface area contributed by atoms with Crippen LogP contribution in [0.5, 0.6) is 17.2 Å². The molecule has 0 fully saturated rings. The maximum Gasteiger partial charge on any atom is 0.432 e. The molecule has 0 spiro atoms. The fourth-order valence-electron chi connectivity index (χ4n) is 1.55. The van der Waals surface area contributed by atoms with Gasteiger partial charge in [-0.2, -0.15) is 0 Å². The molecule has 130 valence electrons. The molecule has 3 N–H and O–H groups in total. The summed E-state index contributed by atoms with van der Waals surface area (Å²) in [6.07, 6.45) is 3.32. The molecular weight excluding hydrogens is 309 g/mol. The van der Waals surface area contributed by atoms with Crippen molar-refractivity contribution in [2.75, 3.05) is 0 Å². The van der Waals surface area contributed by atoms with E-state index in [0.717, 1.165) is 0 Å². The van der Waals surface area contributed by atoms with Gasteiger partial charge in [0.05, 0.1) is 11.8 Å². The molecule has 24 heavy (non-hydrogen) atoms. The van der Waals surface area contributed by atoms with Crippen LogP contribution < -0.4 is 9.47 Å². The summed E-state index contributed by atoms with van der Waals surface area (Å²) in [6, 6.07) is 11.0. The lowest BCUT2D eigenvalue weighted by molar-refractivity contribution is -0.0912. The van der Waals surface area contributed by atoms with Gasteiger partial charge in [0.1, 0.15) is 11.4 Å². The van der Waals surface area contributed by atoms with Crippen LogP contribution in [0.3, 0.4) is 0 Å². The van der Waals surface area contributed by atoms with Crippen molar-refractivity contribution in [3.63, 3.8) is 0 Å². The van der Waals surface area contributed by atoms with Crippen LogP contribution in [0.25, 0.3) is 0 Å². The number of benzene rings is 1. The average Bonchev–Trinajstić information content (AvgIpc) is 2.50. The van der Waals surface area contributed by atoms with Crippen molar-refractivity contribution < 1.29 is 24.6 Å². The van der Waals surface area contributed by atoms with E-state index in [1.807, 2.05) is 44.2 Å². The molecule has 1 aromatic carbocycles. The van der Waals surface area contributed by atoms with Gasteiger partial charge in [-0.3, -0.25) is 4.98 Å². The van der Waals surface area contributed by atoms with E-state index in [1.165, 1.54) is 0 Å². The molecule has 0 aliphatic heterocycles. The SMILES string of the molecule is CC(C)(O)C(C)(C)Oc1ccccc1Oc1cccnc1.OBO. The van der Waals surface area contributed by atoms with E-state index < -0.39 is 18.9 Å². The van der Waals surface area contributed by atoms with E-state index in [2.05, 4.69) is 4.98 Å². The third-order valence-electron chi connectivity index (χ3n) is 3.55. The summed E-state index contributed by atoms with van der Waals surface area (Å²) >= 11 is 0. The summed E-state index contributed by atoms with van der Waals surface area (Å²) in [5, 5.41) is 24.5. The molecule has 0 aliphatic carbocycles. The first-order valence-electron chi connectivity index (χ1n) is 7.51. The second kappa shape index (κ2) is 8.68. The van der Waals surface area contributed by atoms with Crippen molar-refractivity contribution in [2.24, 2.45) is 0 Å². The maximum atomic E-state index is 10.2. The van der Waals surface area contributed by atoms with Gasteiger partial charge in [-0.05, 0) is 52.0 Å². The minimum atomic E-state index is -0.992. The van der Waals surface area contributed by atoms with Crippen LogP contribution in [0.2, 0.25) is 0 Å². The van der Waals surface area contributed by atoms with Crippen LogP contribution in [0, 0.1) is 0 Å². The van der Waals surface area contributed by atoms with E-state index in [9.17, 15) is 5.11 Å². The highest BCUT2D eigenvalue weighted by Crippen LogP contribution is 2.36.